The lowest BCUT2D eigenvalue weighted by atomic mass is 9.99. The van der Waals surface area contributed by atoms with Gasteiger partial charge in [0.25, 0.3) is 0 Å². The molecule has 2 aromatic rings. The Bertz CT molecular complexity index is 671. The van der Waals surface area contributed by atoms with Crippen LogP contribution >= 0.6 is 24.8 Å². The third kappa shape index (κ3) is 6.08. The second-order valence-corrected chi connectivity index (χ2v) is 6.71. The molecule has 3 nitrogen and oxygen atoms in total. The summed E-state index contributed by atoms with van der Waals surface area (Å²) in [4.78, 5) is 2.23. The molecular formula is C21H29Cl2FN2O. The number of nitrogens with one attached hydrogen (secondary N) is 1. The van der Waals surface area contributed by atoms with Gasteiger partial charge in [0.1, 0.15) is 19.0 Å². The van der Waals surface area contributed by atoms with E-state index in [9.17, 15) is 4.39 Å². The topological polar surface area (TPSA) is 24.5 Å². The van der Waals surface area contributed by atoms with Crippen molar-refractivity contribution < 1.29 is 9.13 Å². The number of hydrogen-bond acceptors (Lipinski definition) is 3. The van der Waals surface area contributed by atoms with Crippen molar-refractivity contribution in [2.75, 3.05) is 32.9 Å². The first-order valence-corrected chi connectivity index (χ1v) is 8.97. The average molecular weight is 415 g/mol. The van der Waals surface area contributed by atoms with E-state index < -0.39 is 0 Å². The van der Waals surface area contributed by atoms with Gasteiger partial charge in [-0.25, -0.2) is 4.39 Å². The van der Waals surface area contributed by atoms with E-state index in [2.05, 4.69) is 34.5 Å². The predicted molar refractivity (Wildman–Crippen MR) is 114 cm³/mol. The number of ether oxygens (including phenoxy) is 1. The molecule has 1 heterocycles. The predicted octanol–water partition coefficient (Wildman–Crippen LogP) is 4.64. The van der Waals surface area contributed by atoms with E-state index in [1.807, 2.05) is 32.0 Å². The molecule has 1 fully saturated rings. The van der Waals surface area contributed by atoms with E-state index in [1.165, 1.54) is 0 Å². The van der Waals surface area contributed by atoms with Crippen molar-refractivity contribution in [3.05, 3.63) is 64.7 Å². The van der Waals surface area contributed by atoms with E-state index in [4.69, 9.17) is 4.74 Å². The highest BCUT2D eigenvalue weighted by Gasteiger charge is 2.23. The summed E-state index contributed by atoms with van der Waals surface area (Å²) in [5.41, 5.74) is 4.33. The van der Waals surface area contributed by atoms with Gasteiger partial charge in [0.05, 0.1) is 6.04 Å². The SMILES string of the molecule is Cc1cc([C@H](CF)N2CCNCC2)cc(C)c1OCc1ccccc1.Cl.Cl. The van der Waals surface area contributed by atoms with E-state index in [-0.39, 0.29) is 37.5 Å². The van der Waals surface area contributed by atoms with Crippen molar-refractivity contribution in [2.24, 2.45) is 0 Å². The Morgan fingerprint density at radius 3 is 2.19 bits per heavy atom. The Balaban J connectivity index is 0.00000182. The molecule has 0 aliphatic carbocycles. The number of piperazine rings is 1. The third-order valence-electron chi connectivity index (χ3n) is 4.83. The van der Waals surface area contributed by atoms with Crippen molar-refractivity contribution in [3.8, 4) is 5.75 Å². The highest BCUT2D eigenvalue weighted by molar-refractivity contribution is 5.85. The number of nitrogens with zero attached hydrogens (tertiary/aromatic N) is 1. The molecule has 0 bridgehead atoms. The number of hydrogen-bond donors (Lipinski definition) is 1. The highest BCUT2D eigenvalue weighted by Crippen LogP contribution is 2.31. The lowest BCUT2D eigenvalue weighted by Crippen LogP contribution is -2.45. The van der Waals surface area contributed by atoms with Gasteiger partial charge in [0.2, 0.25) is 0 Å². The van der Waals surface area contributed by atoms with Crippen molar-refractivity contribution in [1.82, 2.24) is 10.2 Å². The first kappa shape index (κ1) is 23.7. The number of rotatable bonds is 6. The Labute approximate surface area is 174 Å². The van der Waals surface area contributed by atoms with Crippen LogP contribution in [0.1, 0.15) is 28.3 Å². The normalized spacial score (nSPS) is 15.4. The van der Waals surface area contributed by atoms with Crippen LogP contribution in [0.4, 0.5) is 4.39 Å². The summed E-state index contributed by atoms with van der Waals surface area (Å²) < 4.78 is 19.8. The summed E-state index contributed by atoms with van der Waals surface area (Å²) in [6.45, 7) is 7.90. The molecule has 150 valence electrons. The zero-order chi connectivity index (χ0) is 17.6. The number of aryl methyl sites for hydroxylation is 2. The molecular weight excluding hydrogens is 386 g/mol. The van der Waals surface area contributed by atoms with E-state index in [1.54, 1.807) is 0 Å². The molecule has 1 atom stereocenters. The second-order valence-electron chi connectivity index (χ2n) is 6.71. The first-order chi connectivity index (χ1) is 12.2. The minimum absolute atomic E-state index is 0. The summed E-state index contributed by atoms with van der Waals surface area (Å²) in [6, 6.07) is 14.1. The Morgan fingerprint density at radius 2 is 1.63 bits per heavy atom. The number of benzene rings is 2. The van der Waals surface area contributed by atoms with E-state index in [0.717, 1.165) is 54.2 Å². The van der Waals surface area contributed by atoms with Gasteiger partial charge < -0.3 is 10.1 Å². The summed E-state index contributed by atoms with van der Waals surface area (Å²) in [5, 5.41) is 3.33. The molecule has 0 unspecified atom stereocenters. The fraction of sp³-hybridized carbons (Fsp3) is 0.429. The van der Waals surface area contributed by atoms with Gasteiger partial charge in [-0.1, -0.05) is 42.5 Å². The number of alkyl halides is 1. The Kier molecular flexibility index (Phi) is 10.1. The van der Waals surface area contributed by atoms with Crippen LogP contribution < -0.4 is 10.1 Å². The molecule has 1 saturated heterocycles. The zero-order valence-corrected chi connectivity index (χ0v) is 17.5. The molecule has 2 aromatic carbocycles. The van der Waals surface area contributed by atoms with Crippen molar-refractivity contribution in [2.45, 2.75) is 26.5 Å². The van der Waals surface area contributed by atoms with Crippen LogP contribution in [-0.4, -0.2) is 37.8 Å². The third-order valence-corrected chi connectivity index (χ3v) is 4.83. The molecule has 1 aliphatic heterocycles. The van der Waals surface area contributed by atoms with Gasteiger partial charge in [-0.15, -0.1) is 24.8 Å². The van der Waals surface area contributed by atoms with Gasteiger partial charge in [-0.3, -0.25) is 4.90 Å². The lowest BCUT2D eigenvalue weighted by Gasteiger charge is -2.34. The minimum Gasteiger partial charge on any atom is -0.488 e. The molecule has 6 heteroatoms. The van der Waals surface area contributed by atoms with Crippen LogP contribution in [0.25, 0.3) is 0 Å². The first-order valence-electron chi connectivity index (χ1n) is 8.97. The van der Waals surface area contributed by atoms with Crippen LogP contribution in [0, 0.1) is 13.8 Å². The Hall–Kier alpha value is -1.33. The maximum Gasteiger partial charge on any atom is 0.125 e. The molecule has 0 spiro atoms. The summed E-state index contributed by atoms with van der Waals surface area (Å²) in [5.74, 6) is 0.908. The molecule has 0 amide bonds. The summed E-state index contributed by atoms with van der Waals surface area (Å²) in [7, 11) is 0. The van der Waals surface area contributed by atoms with Gasteiger partial charge in [0.15, 0.2) is 0 Å². The van der Waals surface area contributed by atoms with Crippen molar-refractivity contribution in [3.63, 3.8) is 0 Å². The van der Waals surface area contributed by atoms with Gasteiger partial charge >= 0.3 is 0 Å². The summed E-state index contributed by atoms with van der Waals surface area (Å²) >= 11 is 0. The van der Waals surface area contributed by atoms with Crippen LogP contribution in [0.2, 0.25) is 0 Å². The van der Waals surface area contributed by atoms with Gasteiger partial charge in [-0.2, -0.15) is 0 Å². The van der Waals surface area contributed by atoms with Crippen molar-refractivity contribution >= 4 is 24.8 Å². The molecule has 0 radical (unpaired) electrons. The highest BCUT2D eigenvalue weighted by atomic mass is 35.5. The fourth-order valence-electron chi connectivity index (χ4n) is 3.52. The van der Waals surface area contributed by atoms with Crippen LogP contribution in [-0.2, 0) is 6.61 Å². The number of halogens is 3. The zero-order valence-electron chi connectivity index (χ0n) is 15.9. The van der Waals surface area contributed by atoms with E-state index >= 15 is 0 Å². The molecule has 1 aliphatic rings. The Morgan fingerprint density at radius 1 is 1.04 bits per heavy atom. The molecule has 0 aromatic heterocycles. The maximum absolute atomic E-state index is 13.8. The molecule has 3 rings (SSSR count). The fourth-order valence-corrected chi connectivity index (χ4v) is 3.52. The quantitative estimate of drug-likeness (QED) is 0.744. The standard InChI is InChI=1S/C21H27FN2O.2ClH/c1-16-12-19(20(14-22)24-10-8-23-9-11-24)13-17(2)21(16)25-15-18-6-4-3-5-7-18;;/h3-7,12-13,20,23H,8-11,14-15H2,1-2H3;2*1H/t20-;;/m0../s1. The smallest absolute Gasteiger partial charge is 0.125 e. The monoisotopic (exact) mass is 414 g/mol. The lowest BCUT2D eigenvalue weighted by molar-refractivity contribution is 0.147. The van der Waals surface area contributed by atoms with Crippen LogP contribution in [0.5, 0.6) is 5.75 Å². The molecule has 1 N–H and O–H groups in total. The molecule has 0 saturated carbocycles. The van der Waals surface area contributed by atoms with E-state index in [0.29, 0.717) is 6.61 Å². The van der Waals surface area contributed by atoms with Crippen LogP contribution in [0.15, 0.2) is 42.5 Å². The summed E-state index contributed by atoms with van der Waals surface area (Å²) in [6.07, 6.45) is 0. The largest absolute Gasteiger partial charge is 0.488 e. The van der Waals surface area contributed by atoms with Crippen LogP contribution in [0.3, 0.4) is 0 Å². The average Bonchev–Trinajstić information content (AvgIpc) is 2.63. The van der Waals surface area contributed by atoms with Gasteiger partial charge in [0, 0.05) is 26.2 Å². The second kappa shape index (κ2) is 11.5. The van der Waals surface area contributed by atoms with Gasteiger partial charge in [-0.05, 0) is 36.1 Å². The minimum atomic E-state index is -0.358. The maximum atomic E-state index is 13.8. The molecule has 27 heavy (non-hydrogen) atoms. The van der Waals surface area contributed by atoms with Crippen molar-refractivity contribution in [1.29, 1.82) is 0 Å².